The smallest absolute Gasteiger partial charge is 0.285 e. The molecule has 0 aromatic heterocycles. The Hall–Kier alpha value is -0.925. The number of nitrogens with zero attached hydrogens (tertiary/aromatic N) is 1. The Kier molecular flexibility index (Phi) is 5.86. The van der Waals surface area contributed by atoms with Crippen molar-refractivity contribution in [2.24, 2.45) is 0 Å². The van der Waals surface area contributed by atoms with Gasteiger partial charge < -0.3 is 4.81 Å². The van der Waals surface area contributed by atoms with Crippen LogP contribution in [0.5, 0.6) is 0 Å². The van der Waals surface area contributed by atoms with E-state index in [9.17, 15) is 8.78 Å². The van der Waals surface area contributed by atoms with Crippen molar-refractivity contribution in [3.8, 4) is 0 Å². The minimum atomic E-state index is -2.93. The first-order valence-corrected chi connectivity index (χ1v) is 8.81. The molecule has 1 nitrogen and oxygen atoms in total. The second-order valence-electron chi connectivity index (χ2n) is 5.89. The molecule has 0 aliphatic carbocycles. The zero-order chi connectivity index (χ0) is 17.2. The number of aryl methyl sites for hydroxylation is 1. The first kappa shape index (κ1) is 18.4. The summed E-state index contributed by atoms with van der Waals surface area (Å²) in [5.74, 6) is 0. The van der Waals surface area contributed by atoms with Gasteiger partial charge in [-0.3, -0.25) is 0 Å². The standard InChI is InChI=1S/C17H20BBrF2NP/c1-12-9-14(10-15(19)16(12)17(20,21)23)22(3)18(2)11-13-7-5-4-6-8-13/h4-10H,11,23H2,1-3H3. The van der Waals surface area contributed by atoms with Gasteiger partial charge in [-0.25, -0.2) is 0 Å². The maximum atomic E-state index is 13.7. The Bertz CT molecular complexity index is 653. The number of alkyl halides is 2. The molecule has 0 radical (unpaired) electrons. The van der Waals surface area contributed by atoms with Crippen LogP contribution in [0.3, 0.4) is 0 Å². The van der Waals surface area contributed by atoms with Crippen molar-refractivity contribution in [3.05, 3.63) is 63.6 Å². The van der Waals surface area contributed by atoms with Gasteiger partial charge in [0.2, 0.25) is 0 Å². The van der Waals surface area contributed by atoms with Crippen LogP contribution in [0.15, 0.2) is 46.9 Å². The fourth-order valence-electron chi connectivity index (χ4n) is 2.70. The summed E-state index contributed by atoms with van der Waals surface area (Å²) >= 11 is 3.30. The van der Waals surface area contributed by atoms with Gasteiger partial charge in [0.05, 0.1) is 0 Å². The third kappa shape index (κ3) is 4.55. The molecule has 0 heterocycles. The normalized spacial score (nSPS) is 11.4. The van der Waals surface area contributed by atoms with Gasteiger partial charge in [-0.2, -0.15) is 8.78 Å². The Morgan fingerprint density at radius 2 is 1.83 bits per heavy atom. The molecule has 2 aromatic rings. The second-order valence-corrected chi connectivity index (χ2v) is 7.47. The average Bonchev–Trinajstić information content (AvgIpc) is 2.45. The van der Waals surface area contributed by atoms with Gasteiger partial charge in [0.25, 0.3) is 12.5 Å². The van der Waals surface area contributed by atoms with E-state index >= 15 is 0 Å². The van der Waals surface area contributed by atoms with Gasteiger partial charge in [-0.15, -0.1) is 0 Å². The van der Waals surface area contributed by atoms with E-state index < -0.39 is 5.66 Å². The van der Waals surface area contributed by atoms with Crippen molar-refractivity contribution < 1.29 is 8.78 Å². The molecule has 6 heteroatoms. The van der Waals surface area contributed by atoms with E-state index in [0.717, 1.165) is 12.0 Å². The fraction of sp³-hybridized carbons (Fsp3) is 0.294. The molecule has 122 valence electrons. The highest BCUT2D eigenvalue weighted by atomic mass is 79.9. The predicted molar refractivity (Wildman–Crippen MR) is 103 cm³/mol. The highest BCUT2D eigenvalue weighted by Gasteiger charge is 2.30. The van der Waals surface area contributed by atoms with Crippen LogP contribution < -0.4 is 4.81 Å². The summed E-state index contributed by atoms with van der Waals surface area (Å²) in [5, 5.41) is 0. The molecule has 2 rings (SSSR count). The Morgan fingerprint density at radius 3 is 2.35 bits per heavy atom. The summed E-state index contributed by atoms with van der Waals surface area (Å²) in [7, 11) is 3.60. The molecule has 1 atom stereocenters. The second kappa shape index (κ2) is 7.31. The van der Waals surface area contributed by atoms with Crippen LogP contribution >= 0.6 is 25.2 Å². The van der Waals surface area contributed by atoms with Crippen molar-refractivity contribution in [1.29, 1.82) is 0 Å². The third-order valence-electron chi connectivity index (χ3n) is 4.05. The van der Waals surface area contributed by atoms with Gasteiger partial charge in [-0.1, -0.05) is 67.9 Å². The van der Waals surface area contributed by atoms with Crippen LogP contribution in [-0.4, -0.2) is 13.9 Å². The molecular weight excluding hydrogens is 378 g/mol. The zero-order valence-electron chi connectivity index (χ0n) is 13.5. The Morgan fingerprint density at radius 1 is 1.22 bits per heavy atom. The summed E-state index contributed by atoms with van der Waals surface area (Å²) in [6.45, 7) is 4.11. The Labute approximate surface area is 147 Å². The largest absolute Gasteiger partial charge is 0.417 e. The van der Waals surface area contributed by atoms with Crippen molar-refractivity contribution in [2.75, 3.05) is 11.9 Å². The molecule has 0 aliphatic heterocycles. The molecule has 0 spiro atoms. The molecule has 23 heavy (non-hydrogen) atoms. The topological polar surface area (TPSA) is 3.24 Å². The van der Waals surface area contributed by atoms with Crippen LogP contribution in [0.2, 0.25) is 6.82 Å². The molecule has 0 saturated carbocycles. The lowest BCUT2D eigenvalue weighted by atomic mass is 9.58. The molecule has 0 bridgehead atoms. The molecule has 0 fully saturated rings. The number of anilines is 1. The minimum absolute atomic E-state index is 0.0235. The number of hydrogen-bond acceptors (Lipinski definition) is 1. The van der Waals surface area contributed by atoms with Gasteiger partial charge >= 0.3 is 0 Å². The molecule has 1 unspecified atom stereocenters. The van der Waals surface area contributed by atoms with Gasteiger partial charge in [0.1, 0.15) is 0 Å². The van der Waals surface area contributed by atoms with E-state index in [-0.39, 0.29) is 12.4 Å². The lowest BCUT2D eigenvalue weighted by molar-refractivity contribution is 0.102. The average molecular weight is 398 g/mol. The molecular formula is C17H20BBrF2NP. The van der Waals surface area contributed by atoms with Crippen molar-refractivity contribution in [3.63, 3.8) is 0 Å². The summed E-state index contributed by atoms with van der Waals surface area (Å²) in [5.41, 5.74) is -0.148. The summed E-state index contributed by atoms with van der Waals surface area (Å²) in [6, 6.07) is 13.8. The summed E-state index contributed by atoms with van der Waals surface area (Å²) in [6.07, 6.45) is 0.898. The van der Waals surface area contributed by atoms with E-state index in [2.05, 4.69) is 39.7 Å². The molecule has 0 N–H and O–H groups in total. The maximum Gasteiger partial charge on any atom is 0.285 e. The highest BCUT2D eigenvalue weighted by Crippen LogP contribution is 2.42. The molecule has 0 amide bonds. The first-order valence-electron chi connectivity index (χ1n) is 7.44. The molecule has 2 aromatic carbocycles. The van der Waals surface area contributed by atoms with Crippen molar-refractivity contribution >= 4 is 37.7 Å². The fourth-order valence-corrected chi connectivity index (χ4v) is 4.10. The SMILES string of the molecule is CB(Cc1ccccc1)N(C)c1cc(C)c(C(F)(F)P)c(Br)c1. The monoisotopic (exact) mass is 397 g/mol. The van der Waals surface area contributed by atoms with E-state index in [1.807, 2.05) is 31.3 Å². The van der Waals surface area contributed by atoms with Crippen LogP contribution in [0.4, 0.5) is 14.5 Å². The zero-order valence-corrected chi connectivity index (χ0v) is 16.2. The maximum absolute atomic E-state index is 13.7. The van der Waals surface area contributed by atoms with Crippen LogP contribution in [-0.2, 0) is 12.0 Å². The van der Waals surface area contributed by atoms with Crippen molar-refractivity contribution in [2.45, 2.75) is 25.7 Å². The highest BCUT2D eigenvalue weighted by molar-refractivity contribution is 9.10. The van der Waals surface area contributed by atoms with Crippen molar-refractivity contribution in [1.82, 2.24) is 0 Å². The van der Waals surface area contributed by atoms with E-state index in [1.54, 1.807) is 22.2 Å². The van der Waals surface area contributed by atoms with E-state index in [4.69, 9.17) is 0 Å². The van der Waals surface area contributed by atoms with Crippen LogP contribution in [0.1, 0.15) is 16.7 Å². The number of halogens is 3. The number of rotatable bonds is 5. The number of benzene rings is 2. The lowest BCUT2D eigenvalue weighted by Crippen LogP contribution is -2.35. The molecule has 0 aliphatic rings. The van der Waals surface area contributed by atoms with E-state index in [1.165, 1.54) is 5.56 Å². The van der Waals surface area contributed by atoms with E-state index in [0.29, 0.717) is 10.0 Å². The number of hydrogen-bond donors (Lipinski definition) is 0. The van der Waals surface area contributed by atoms with Gasteiger partial charge in [0.15, 0.2) is 0 Å². The van der Waals surface area contributed by atoms with Gasteiger partial charge in [0, 0.05) is 15.7 Å². The van der Waals surface area contributed by atoms with Crippen LogP contribution in [0, 0.1) is 6.92 Å². The van der Waals surface area contributed by atoms with Gasteiger partial charge in [-0.05, 0) is 38.0 Å². The quantitative estimate of drug-likeness (QED) is 0.474. The summed E-state index contributed by atoms with van der Waals surface area (Å²) < 4.78 is 27.8. The predicted octanol–water partition coefficient (Wildman–Crippen LogP) is 5.52. The summed E-state index contributed by atoms with van der Waals surface area (Å²) in [4.78, 5) is 2.12. The molecule has 0 saturated heterocycles. The third-order valence-corrected chi connectivity index (χ3v) is 4.96. The lowest BCUT2D eigenvalue weighted by Gasteiger charge is -2.27. The first-order chi connectivity index (χ1) is 10.7. The van der Waals surface area contributed by atoms with Crippen LogP contribution in [0.25, 0.3) is 0 Å². The minimum Gasteiger partial charge on any atom is -0.417 e. The Balaban J connectivity index is 2.24.